The van der Waals surface area contributed by atoms with Crippen LogP contribution in [0, 0.1) is 3.57 Å². The molecule has 1 aliphatic heterocycles. The summed E-state index contributed by atoms with van der Waals surface area (Å²) in [7, 11) is 0. The van der Waals surface area contributed by atoms with E-state index in [1.54, 1.807) is 0 Å². The Labute approximate surface area is 110 Å². The second kappa shape index (κ2) is 4.79. The van der Waals surface area contributed by atoms with Crippen LogP contribution in [0.5, 0.6) is 0 Å². The zero-order chi connectivity index (χ0) is 11.6. The smallest absolute Gasteiger partial charge is 0.0693 e. The first-order valence-corrected chi connectivity index (χ1v) is 6.58. The molecule has 3 nitrogen and oxygen atoms in total. The maximum absolute atomic E-state index is 5.74. The molecule has 0 spiro atoms. The van der Waals surface area contributed by atoms with E-state index >= 15 is 0 Å². The Morgan fingerprint density at radius 1 is 1.50 bits per heavy atom. The van der Waals surface area contributed by atoms with E-state index < -0.39 is 0 Å². The second-order valence-electron chi connectivity index (χ2n) is 4.58. The molecule has 0 radical (unpaired) electrons. The van der Waals surface area contributed by atoms with Crippen LogP contribution in [0.2, 0.25) is 0 Å². The zero-order valence-corrected chi connectivity index (χ0v) is 11.6. The number of nitrogens with two attached hydrogens (primary N) is 1. The van der Waals surface area contributed by atoms with Gasteiger partial charge in [-0.25, -0.2) is 0 Å². The molecule has 0 bridgehead atoms. The average Bonchev–Trinajstić information content (AvgIpc) is 2.23. The molecule has 88 valence electrons. The van der Waals surface area contributed by atoms with Gasteiger partial charge in [0.05, 0.1) is 12.1 Å². The number of nitrogens with one attached hydrogen (secondary N) is 1. The van der Waals surface area contributed by atoms with Gasteiger partial charge in [0.25, 0.3) is 0 Å². The number of benzene rings is 1. The molecule has 3 N–H and O–H groups in total. The third-order valence-corrected chi connectivity index (χ3v) is 3.76. The Bertz CT molecular complexity index is 375. The first kappa shape index (κ1) is 12.0. The van der Waals surface area contributed by atoms with Gasteiger partial charge in [-0.05, 0) is 60.6 Å². The van der Waals surface area contributed by atoms with Crippen LogP contribution >= 0.6 is 22.6 Å². The van der Waals surface area contributed by atoms with Gasteiger partial charge in [0, 0.05) is 21.6 Å². The van der Waals surface area contributed by atoms with E-state index in [2.05, 4.69) is 34.8 Å². The molecule has 1 heterocycles. The van der Waals surface area contributed by atoms with Crippen LogP contribution in [0.25, 0.3) is 0 Å². The summed E-state index contributed by atoms with van der Waals surface area (Å²) in [5.41, 5.74) is 7.73. The molecule has 1 aliphatic rings. The van der Waals surface area contributed by atoms with Crippen molar-refractivity contribution in [1.82, 2.24) is 0 Å². The van der Waals surface area contributed by atoms with Crippen molar-refractivity contribution >= 4 is 34.0 Å². The lowest BCUT2D eigenvalue weighted by atomic mass is 9.94. The standard InChI is InChI=1S/C12H17IN2O/c1-12(5-2-6-16-8-12)15-11-4-3-9(14)7-10(11)13/h3-4,7,15H,2,5-6,8,14H2,1H3. The zero-order valence-electron chi connectivity index (χ0n) is 9.42. The van der Waals surface area contributed by atoms with Crippen LogP contribution in [-0.4, -0.2) is 18.8 Å². The number of hydrogen-bond donors (Lipinski definition) is 2. The Kier molecular flexibility index (Phi) is 3.59. The highest BCUT2D eigenvalue weighted by Gasteiger charge is 2.27. The minimum atomic E-state index is 0.0499. The molecule has 1 aromatic rings. The fourth-order valence-corrected chi connectivity index (χ4v) is 2.66. The molecule has 0 saturated carbocycles. The third kappa shape index (κ3) is 2.79. The van der Waals surface area contributed by atoms with Crippen molar-refractivity contribution in [2.75, 3.05) is 24.3 Å². The Balaban J connectivity index is 2.13. The van der Waals surface area contributed by atoms with Gasteiger partial charge < -0.3 is 15.8 Å². The van der Waals surface area contributed by atoms with Gasteiger partial charge in [0.1, 0.15) is 0 Å². The van der Waals surface area contributed by atoms with Crippen molar-refractivity contribution in [1.29, 1.82) is 0 Å². The second-order valence-corrected chi connectivity index (χ2v) is 5.74. The fourth-order valence-electron chi connectivity index (χ4n) is 1.99. The molecule has 0 aliphatic carbocycles. The third-order valence-electron chi connectivity index (χ3n) is 2.87. The summed E-state index contributed by atoms with van der Waals surface area (Å²) in [4.78, 5) is 0. The summed E-state index contributed by atoms with van der Waals surface area (Å²) in [5.74, 6) is 0. The highest BCUT2D eigenvalue weighted by molar-refractivity contribution is 14.1. The molecule has 16 heavy (non-hydrogen) atoms. The van der Waals surface area contributed by atoms with Crippen LogP contribution < -0.4 is 11.1 Å². The summed E-state index contributed by atoms with van der Waals surface area (Å²) in [6.07, 6.45) is 2.27. The topological polar surface area (TPSA) is 47.3 Å². The van der Waals surface area contributed by atoms with Crippen molar-refractivity contribution in [2.24, 2.45) is 0 Å². The van der Waals surface area contributed by atoms with E-state index in [1.807, 2.05) is 18.2 Å². The molecule has 1 aromatic carbocycles. The maximum atomic E-state index is 5.74. The summed E-state index contributed by atoms with van der Waals surface area (Å²) < 4.78 is 6.69. The van der Waals surface area contributed by atoms with Crippen LogP contribution in [0.1, 0.15) is 19.8 Å². The van der Waals surface area contributed by atoms with E-state index in [9.17, 15) is 0 Å². The monoisotopic (exact) mass is 332 g/mol. The number of nitrogen functional groups attached to an aromatic ring is 1. The van der Waals surface area contributed by atoms with Crippen molar-refractivity contribution in [3.05, 3.63) is 21.8 Å². The van der Waals surface area contributed by atoms with Crippen LogP contribution in [-0.2, 0) is 4.74 Å². The van der Waals surface area contributed by atoms with Gasteiger partial charge in [0.15, 0.2) is 0 Å². The van der Waals surface area contributed by atoms with Gasteiger partial charge in [0.2, 0.25) is 0 Å². The van der Waals surface area contributed by atoms with Gasteiger partial charge in [-0.15, -0.1) is 0 Å². The molecular formula is C12H17IN2O. The van der Waals surface area contributed by atoms with Crippen molar-refractivity contribution in [2.45, 2.75) is 25.3 Å². The van der Waals surface area contributed by atoms with Crippen LogP contribution in [0.15, 0.2) is 18.2 Å². The molecule has 1 unspecified atom stereocenters. The average molecular weight is 332 g/mol. The molecule has 4 heteroatoms. The Hall–Kier alpha value is -0.490. The Morgan fingerprint density at radius 3 is 2.94 bits per heavy atom. The SMILES string of the molecule is CC1(Nc2ccc(N)cc2I)CCCOC1. The maximum Gasteiger partial charge on any atom is 0.0693 e. The van der Waals surface area contributed by atoms with Gasteiger partial charge in [-0.2, -0.15) is 0 Å². The molecule has 1 fully saturated rings. The lowest BCUT2D eigenvalue weighted by Gasteiger charge is -2.35. The molecule has 0 amide bonds. The van der Waals surface area contributed by atoms with Gasteiger partial charge in [-0.3, -0.25) is 0 Å². The molecule has 2 rings (SSSR count). The summed E-state index contributed by atoms with van der Waals surface area (Å²) >= 11 is 2.31. The number of halogens is 1. The van der Waals surface area contributed by atoms with E-state index in [0.29, 0.717) is 0 Å². The van der Waals surface area contributed by atoms with Crippen molar-refractivity contribution in [3.63, 3.8) is 0 Å². The highest BCUT2D eigenvalue weighted by atomic mass is 127. The summed E-state index contributed by atoms with van der Waals surface area (Å²) in [6, 6.07) is 5.95. The lowest BCUT2D eigenvalue weighted by molar-refractivity contribution is 0.0540. The van der Waals surface area contributed by atoms with E-state index in [0.717, 1.165) is 41.0 Å². The normalized spacial score (nSPS) is 25.4. The summed E-state index contributed by atoms with van der Waals surface area (Å²) in [5, 5.41) is 3.56. The molecular weight excluding hydrogens is 315 g/mol. The van der Waals surface area contributed by atoms with Gasteiger partial charge in [-0.1, -0.05) is 0 Å². The van der Waals surface area contributed by atoms with Crippen LogP contribution in [0.4, 0.5) is 11.4 Å². The van der Waals surface area contributed by atoms with E-state index in [1.165, 1.54) is 0 Å². The van der Waals surface area contributed by atoms with Crippen molar-refractivity contribution < 1.29 is 4.74 Å². The van der Waals surface area contributed by atoms with Gasteiger partial charge >= 0.3 is 0 Å². The van der Waals surface area contributed by atoms with Crippen LogP contribution in [0.3, 0.4) is 0 Å². The lowest BCUT2D eigenvalue weighted by Crippen LogP contribution is -2.43. The minimum Gasteiger partial charge on any atom is -0.399 e. The molecule has 0 aromatic heterocycles. The first-order valence-electron chi connectivity index (χ1n) is 5.50. The predicted octanol–water partition coefficient (Wildman–Crippen LogP) is 2.85. The molecule has 1 atom stereocenters. The number of hydrogen-bond acceptors (Lipinski definition) is 3. The fraction of sp³-hybridized carbons (Fsp3) is 0.500. The number of anilines is 2. The Morgan fingerprint density at radius 2 is 2.31 bits per heavy atom. The summed E-state index contributed by atoms with van der Waals surface area (Å²) in [6.45, 7) is 3.86. The number of rotatable bonds is 2. The highest BCUT2D eigenvalue weighted by Crippen LogP contribution is 2.28. The van der Waals surface area contributed by atoms with E-state index in [-0.39, 0.29) is 5.54 Å². The molecule has 1 saturated heterocycles. The largest absolute Gasteiger partial charge is 0.399 e. The predicted molar refractivity (Wildman–Crippen MR) is 75.7 cm³/mol. The van der Waals surface area contributed by atoms with Crippen molar-refractivity contribution in [3.8, 4) is 0 Å². The number of ether oxygens (including phenoxy) is 1. The quantitative estimate of drug-likeness (QED) is 0.647. The van der Waals surface area contributed by atoms with E-state index in [4.69, 9.17) is 10.5 Å². The minimum absolute atomic E-state index is 0.0499. The first-order chi connectivity index (χ1) is 7.59.